The molecule has 2 aromatic carbocycles. The lowest BCUT2D eigenvalue weighted by Gasteiger charge is -2.15. The first-order chi connectivity index (χ1) is 11.1. The molecule has 0 amide bonds. The molecule has 1 aromatic heterocycles. The molecule has 0 atom stereocenters. The number of methoxy groups -OCH3 is 2. The highest BCUT2D eigenvalue weighted by molar-refractivity contribution is 5.95. The lowest BCUT2D eigenvalue weighted by molar-refractivity contribution is 0.395. The summed E-state index contributed by atoms with van der Waals surface area (Å²) in [4.78, 5) is 4.52. The molecule has 0 spiro atoms. The molecule has 3 rings (SSSR count). The zero-order valence-corrected chi connectivity index (χ0v) is 13.8. The molecule has 0 radical (unpaired) electrons. The van der Waals surface area contributed by atoms with Crippen molar-refractivity contribution in [1.82, 2.24) is 4.98 Å². The van der Waals surface area contributed by atoms with E-state index in [4.69, 9.17) is 9.47 Å². The van der Waals surface area contributed by atoms with Gasteiger partial charge in [0.15, 0.2) is 0 Å². The summed E-state index contributed by atoms with van der Waals surface area (Å²) in [5, 5.41) is 4.54. The van der Waals surface area contributed by atoms with Crippen LogP contribution in [-0.4, -0.2) is 19.2 Å². The maximum absolute atomic E-state index is 5.46. The molecule has 0 aliphatic carbocycles. The number of hydrogen-bond acceptors (Lipinski definition) is 4. The van der Waals surface area contributed by atoms with Gasteiger partial charge >= 0.3 is 0 Å². The molecule has 0 bridgehead atoms. The van der Waals surface area contributed by atoms with Gasteiger partial charge in [-0.15, -0.1) is 0 Å². The van der Waals surface area contributed by atoms with Crippen LogP contribution in [0.2, 0.25) is 0 Å². The zero-order valence-electron chi connectivity index (χ0n) is 13.8. The average Bonchev–Trinajstić information content (AvgIpc) is 2.59. The van der Waals surface area contributed by atoms with Crippen LogP contribution in [0.25, 0.3) is 10.9 Å². The molecular formula is C19H20N2O2. The van der Waals surface area contributed by atoms with Crippen LogP contribution < -0.4 is 14.8 Å². The summed E-state index contributed by atoms with van der Waals surface area (Å²) in [7, 11) is 3.29. The molecule has 0 aliphatic heterocycles. The minimum absolute atomic E-state index is 0.734. The van der Waals surface area contributed by atoms with Gasteiger partial charge < -0.3 is 14.8 Å². The molecule has 23 heavy (non-hydrogen) atoms. The van der Waals surface area contributed by atoms with Gasteiger partial charge in [-0.3, -0.25) is 4.98 Å². The summed E-state index contributed by atoms with van der Waals surface area (Å²) in [5.74, 6) is 1.50. The van der Waals surface area contributed by atoms with Crippen molar-refractivity contribution in [2.75, 3.05) is 19.5 Å². The Hall–Kier alpha value is -2.75. The smallest absolute Gasteiger partial charge is 0.145 e. The third kappa shape index (κ3) is 2.80. The number of rotatable bonds is 4. The second kappa shape index (κ2) is 6.16. The van der Waals surface area contributed by atoms with E-state index < -0.39 is 0 Å². The molecule has 4 nitrogen and oxygen atoms in total. The van der Waals surface area contributed by atoms with Crippen LogP contribution in [0.1, 0.15) is 11.1 Å². The second-order valence-electron chi connectivity index (χ2n) is 5.45. The predicted octanol–water partition coefficient (Wildman–Crippen LogP) is 4.61. The zero-order chi connectivity index (χ0) is 16.4. The number of nitrogens with zero attached hydrogens (tertiary/aromatic N) is 1. The number of benzene rings is 2. The van der Waals surface area contributed by atoms with E-state index in [2.05, 4.69) is 36.3 Å². The van der Waals surface area contributed by atoms with Gasteiger partial charge in [0.05, 0.1) is 25.4 Å². The first-order valence-corrected chi connectivity index (χ1v) is 7.48. The van der Waals surface area contributed by atoms with E-state index in [1.165, 1.54) is 11.1 Å². The quantitative estimate of drug-likeness (QED) is 0.764. The Morgan fingerprint density at radius 2 is 1.74 bits per heavy atom. The number of aromatic nitrogens is 1. The van der Waals surface area contributed by atoms with E-state index in [0.717, 1.165) is 33.8 Å². The van der Waals surface area contributed by atoms with Gasteiger partial charge in [0.1, 0.15) is 11.5 Å². The van der Waals surface area contributed by atoms with Crippen molar-refractivity contribution in [3.05, 3.63) is 53.7 Å². The van der Waals surface area contributed by atoms with Crippen molar-refractivity contribution >= 4 is 22.3 Å². The van der Waals surface area contributed by atoms with Crippen LogP contribution in [0.4, 0.5) is 11.4 Å². The van der Waals surface area contributed by atoms with Crippen molar-refractivity contribution in [2.45, 2.75) is 13.8 Å². The van der Waals surface area contributed by atoms with Crippen LogP contribution in [-0.2, 0) is 0 Å². The molecule has 0 saturated carbocycles. The molecular weight excluding hydrogens is 288 g/mol. The summed E-state index contributed by atoms with van der Waals surface area (Å²) >= 11 is 0. The second-order valence-corrected chi connectivity index (χ2v) is 5.45. The van der Waals surface area contributed by atoms with Crippen LogP contribution >= 0.6 is 0 Å². The standard InChI is InChI=1S/C19H20N2O2/c1-12-5-7-15-16(9-10-20-19(15)13(12)2)21-17-8-6-14(22-3)11-18(17)23-4/h5-11H,1-4H3,(H,20,21). The summed E-state index contributed by atoms with van der Waals surface area (Å²) in [6.45, 7) is 4.20. The van der Waals surface area contributed by atoms with Crippen LogP contribution in [0.15, 0.2) is 42.6 Å². The number of aryl methyl sites for hydroxylation is 2. The van der Waals surface area contributed by atoms with Gasteiger partial charge in [0.25, 0.3) is 0 Å². The fraction of sp³-hybridized carbons (Fsp3) is 0.211. The number of pyridine rings is 1. The number of anilines is 2. The Labute approximate surface area is 136 Å². The van der Waals surface area contributed by atoms with Crippen molar-refractivity contribution in [3.63, 3.8) is 0 Å². The topological polar surface area (TPSA) is 43.4 Å². The van der Waals surface area contributed by atoms with E-state index in [-0.39, 0.29) is 0 Å². The van der Waals surface area contributed by atoms with E-state index in [1.807, 2.05) is 30.5 Å². The lowest BCUT2D eigenvalue weighted by atomic mass is 10.0. The lowest BCUT2D eigenvalue weighted by Crippen LogP contribution is -1.97. The van der Waals surface area contributed by atoms with Crippen molar-refractivity contribution in [2.24, 2.45) is 0 Å². The van der Waals surface area contributed by atoms with Gasteiger partial charge in [-0.05, 0) is 43.2 Å². The van der Waals surface area contributed by atoms with E-state index in [1.54, 1.807) is 14.2 Å². The number of fused-ring (bicyclic) bond motifs is 1. The highest BCUT2D eigenvalue weighted by Crippen LogP contribution is 2.34. The molecule has 0 unspecified atom stereocenters. The Bertz CT molecular complexity index is 859. The minimum Gasteiger partial charge on any atom is -0.497 e. The molecule has 0 saturated heterocycles. The van der Waals surface area contributed by atoms with Gasteiger partial charge in [-0.2, -0.15) is 0 Å². The number of hydrogen-bond donors (Lipinski definition) is 1. The van der Waals surface area contributed by atoms with Crippen LogP contribution in [0.3, 0.4) is 0 Å². The maximum Gasteiger partial charge on any atom is 0.145 e. The van der Waals surface area contributed by atoms with Gasteiger partial charge in [-0.1, -0.05) is 12.1 Å². The Balaban J connectivity index is 2.07. The first kappa shape index (κ1) is 15.2. The Morgan fingerprint density at radius 3 is 2.48 bits per heavy atom. The fourth-order valence-electron chi connectivity index (χ4n) is 2.62. The Morgan fingerprint density at radius 1 is 0.913 bits per heavy atom. The molecule has 0 aliphatic rings. The highest BCUT2D eigenvalue weighted by Gasteiger charge is 2.09. The van der Waals surface area contributed by atoms with Gasteiger partial charge in [0.2, 0.25) is 0 Å². The molecule has 4 heteroatoms. The fourth-order valence-corrected chi connectivity index (χ4v) is 2.62. The van der Waals surface area contributed by atoms with E-state index in [9.17, 15) is 0 Å². The molecule has 118 valence electrons. The largest absolute Gasteiger partial charge is 0.497 e. The monoisotopic (exact) mass is 308 g/mol. The molecule has 1 heterocycles. The normalized spacial score (nSPS) is 10.6. The summed E-state index contributed by atoms with van der Waals surface area (Å²) < 4.78 is 10.7. The van der Waals surface area contributed by atoms with Crippen molar-refractivity contribution in [1.29, 1.82) is 0 Å². The number of nitrogens with one attached hydrogen (secondary N) is 1. The highest BCUT2D eigenvalue weighted by atomic mass is 16.5. The van der Waals surface area contributed by atoms with Gasteiger partial charge in [-0.25, -0.2) is 0 Å². The molecule has 1 N–H and O–H groups in total. The summed E-state index contributed by atoms with van der Waals surface area (Å²) in [6, 6.07) is 11.9. The van der Waals surface area contributed by atoms with Crippen LogP contribution in [0, 0.1) is 13.8 Å². The summed E-state index contributed by atoms with van der Waals surface area (Å²) in [6.07, 6.45) is 1.83. The third-order valence-electron chi connectivity index (χ3n) is 4.11. The average molecular weight is 308 g/mol. The minimum atomic E-state index is 0.734. The van der Waals surface area contributed by atoms with Gasteiger partial charge in [0, 0.05) is 23.3 Å². The van der Waals surface area contributed by atoms with Crippen molar-refractivity contribution in [3.8, 4) is 11.5 Å². The molecule has 0 fully saturated rings. The number of ether oxygens (including phenoxy) is 2. The van der Waals surface area contributed by atoms with E-state index in [0.29, 0.717) is 0 Å². The van der Waals surface area contributed by atoms with Crippen LogP contribution in [0.5, 0.6) is 11.5 Å². The predicted molar refractivity (Wildman–Crippen MR) is 94.0 cm³/mol. The van der Waals surface area contributed by atoms with Crippen molar-refractivity contribution < 1.29 is 9.47 Å². The first-order valence-electron chi connectivity index (χ1n) is 7.48. The molecule has 3 aromatic rings. The maximum atomic E-state index is 5.46. The third-order valence-corrected chi connectivity index (χ3v) is 4.11. The van der Waals surface area contributed by atoms with E-state index >= 15 is 0 Å². The Kier molecular flexibility index (Phi) is 4.06. The SMILES string of the molecule is COc1ccc(Nc2ccnc3c(C)c(C)ccc23)c(OC)c1. The summed E-state index contributed by atoms with van der Waals surface area (Å²) in [5.41, 5.74) is 5.35.